The molecule has 1 saturated heterocycles. The minimum Gasteiger partial charge on any atom is -0.369 e. The molecule has 0 aliphatic carbocycles. The molecule has 3 aromatic rings. The van der Waals surface area contributed by atoms with E-state index in [0.29, 0.717) is 5.02 Å². The number of piperazine rings is 1. The van der Waals surface area contributed by atoms with Gasteiger partial charge >= 0.3 is 0 Å². The lowest BCUT2D eigenvalue weighted by Gasteiger charge is -2.35. The van der Waals surface area contributed by atoms with Gasteiger partial charge in [0.1, 0.15) is 5.01 Å². The van der Waals surface area contributed by atoms with Gasteiger partial charge in [-0.25, -0.2) is 4.98 Å². The van der Waals surface area contributed by atoms with Crippen LogP contribution in [0, 0.1) is 6.92 Å². The van der Waals surface area contributed by atoms with Crippen LogP contribution in [0.4, 0.5) is 11.4 Å². The first kappa shape index (κ1) is 21.8. The number of benzene rings is 2. The van der Waals surface area contributed by atoms with Crippen LogP contribution in [0.5, 0.6) is 0 Å². The number of aromatic nitrogens is 1. The van der Waals surface area contributed by atoms with E-state index in [4.69, 9.17) is 11.6 Å². The Morgan fingerprint density at radius 2 is 1.94 bits per heavy atom. The fourth-order valence-electron chi connectivity index (χ4n) is 3.81. The minimum absolute atomic E-state index is 0.0663. The molecule has 1 aliphatic rings. The molecule has 0 atom stereocenters. The number of hydrogen-bond donors (Lipinski definition) is 1. The normalized spacial score (nSPS) is 14.6. The zero-order valence-electron chi connectivity index (χ0n) is 17.9. The van der Waals surface area contributed by atoms with Gasteiger partial charge in [-0.1, -0.05) is 36.7 Å². The summed E-state index contributed by atoms with van der Waals surface area (Å²) >= 11 is 7.77. The second-order valence-electron chi connectivity index (χ2n) is 7.77. The summed E-state index contributed by atoms with van der Waals surface area (Å²) in [4.78, 5) is 22.1. The van der Waals surface area contributed by atoms with Crippen molar-refractivity contribution in [3.8, 4) is 10.6 Å². The number of hydrogen-bond acceptors (Lipinski definition) is 5. The first-order chi connectivity index (χ1) is 15.0. The van der Waals surface area contributed by atoms with Gasteiger partial charge in [0.15, 0.2) is 0 Å². The van der Waals surface area contributed by atoms with E-state index in [-0.39, 0.29) is 12.3 Å². The van der Waals surface area contributed by atoms with E-state index in [1.807, 2.05) is 42.6 Å². The molecule has 31 heavy (non-hydrogen) atoms. The molecule has 2 aromatic carbocycles. The first-order valence-electron chi connectivity index (χ1n) is 10.6. The van der Waals surface area contributed by atoms with Crippen LogP contribution in [0.2, 0.25) is 5.02 Å². The maximum absolute atomic E-state index is 12.6. The third kappa shape index (κ3) is 5.26. The number of carbonyl (C=O) groups is 1. The molecule has 1 fully saturated rings. The van der Waals surface area contributed by atoms with E-state index in [1.165, 1.54) is 17.0 Å². The number of thiazole rings is 1. The van der Waals surface area contributed by atoms with Crippen molar-refractivity contribution in [1.29, 1.82) is 0 Å². The van der Waals surface area contributed by atoms with Crippen molar-refractivity contribution >= 4 is 40.2 Å². The van der Waals surface area contributed by atoms with Crippen LogP contribution in [0.1, 0.15) is 18.2 Å². The van der Waals surface area contributed by atoms with Crippen molar-refractivity contribution in [3.63, 3.8) is 0 Å². The Morgan fingerprint density at radius 1 is 1.16 bits per heavy atom. The standard InChI is InChI=1S/C24H27ClN4OS/c1-3-28-10-12-29(13-11-28)19-8-9-22(17(2)14-19)27-23(30)15-18-16-31-24(26-18)20-6-4-5-7-21(20)25/h4-9,14,16H,3,10-13,15H2,1-2H3,(H,27,30). The second-order valence-corrected chi connectivity index (χ2v) is 9.03. The summed E-state index contributed by atoms with van der Waals surface area (Å²) in [5.41, 5.74) is 4.78. The summed E-state index contributed by atoms with van der Waals surface area (Å²) in [6, 6.07) is 13.9. The van der Waals surface area contributed by atoms with Crippen molar-refractivity contribution in [2.24, 2.45) is 0 Å². The van der Waals surface area contributed by atoms with Crippen molar-refractivity contribution in [1.82, 2.24) is 9.88 Å². The number of rotatable bonds is 6. The van der Waals surface area contributed by atoms with E-state index < -0.39 is 0 Å². The quantitative estimate of drug-likeness (QED) is 0.563. The number of aryl methyl sites for hydroxylation is 1. The Kier molecular flexibility index (Phi) is 6.90. The monoisotopic (exact) mass is 454 g/mol. The minimum atomic E-state index is -0.0663. The summed E-state index contributed by atoms with van der Waals surface area (Å²) in [5.74, 6) is -0.0663. The van der Waals surface area contributed by atoms with E-state index in [0.717, 1.165) is 60.2 Å². The topological polar surface area (TPSA) is 48.5 Å². The molecule has 1 amide bonds. The summed E-state index contributed by atoms with van der Waals surface area (Å²) < 4.78 is 0. The Morgan fingerprint density at radius 3 is 2.65 bits per heavy atom. The lowest BCUT2D eigenvalue weighted by Crippen LogP contribution is -2.46. The zero-order chi connectivity index (χ0) is 21.8. The molecule has 1 aromatic heterocycles. The molecular weight excluding hydrogens is 428 g/mol. The Hall–Kier alpha value is -2.41. The van der Waals surface area contributed by atoms with Gasteiger partial charge in [0.05, 0.1) is 17.1 Å². The maximum atomic E-state index is 12.6. The fraction of sp³-hybridized carbons (Fsp3) is 0.333. The molecule has 0 saturated carbocycles. The molecule has 0 unspecified atom stereocenters. The highest BCUT2D eigenvalue weighted by atomic mass is 35.5. The average Bonchev–Trinajstić information content (AvgIpc) is 3.23. The Balaban J connectivity index is 1.37. The Labute approximate surface area is 192 Å². The summed E-state index contributed by atoms with van der Waals surface area (Å²) in [5, 5.41) is 6.46. The summed E-state index contributed by atoms with van der Waals surface area (Å²) in [6.07, 6.45) is 0.237. The van der Waals surface area contributed by atoms with Gasteiger partial charge in [-0.3, -0.25) is 4.79 Å². The van der Waals surface area contributed by atoms with Crippen LogP contribution in [-0.2, 0) is 11.2 Å². The molecule has 0 bridgehead atoms. The third-order valence-electron chi connectivity index (χ3n) is 5.67. The molecule has 1 aliphatic heterocycles. The van der Waals surface area contributed by atoms with Gasteiger partial charge < -0.3 is 15.1 Å². The number of likely N-dealkylation sites (N-methyl/N-ethyl adjacent to an activating group) is 1. The van der Waals surface area contributed by atoms with Crippen LogP contribution in [0.25, 0.3) is 10.6 Å². The molecule has 5 nitrogen and oxygen atoms in total. The number of anilines is 2. The van der Waals surface area contributed by atoms with Gasteiger partial charge in [-0.05, 0) is 43.3 Å². The van der Waals surface area contributed by atoms with Crippen LogP contribution < -0.4 is 10.2 Å². The van der Waals surface area contributed by atoms with Crippen molar-refractivity contribution in [2.45, 2.75) is 20.3 Å². The summed E-state index contributed by atoms with van der Waals surface area (Å²) in [6.45, 7) is 9.62. The lowest BCUT2D eigenvalue weighted by molar-refractivity contribution is -0.115. The summed E-state index contributed by atoms with van der Waals surface area (Å²) in [7, 11) is 0. The molecule has 0 spiro atoms. The number of nitrogens with one attached hydrogen (secondary N) is 1. The van der Waals surface area contributed by atoms with Gasteiger partial charge in [-0.2, -0.15) is 0 Å². The first-order valence-corrected chi connectivity index (χ1v) is 11.9. The van der Waals surface area contributed by atoms with Gasteiger partial charge in [0, 0.05) is 48.5 Å². The molecule has 0 radical (unpaired) electrons. The van der Waals surface area contributed by atoms with Crippen molar-refractivity contribution in [2.75, 3.05) is 42.9 Å². The van der Waals surface area contributed by atoms with E-state index in [9.17, 15) is 4.79 Å². The molecule has 1 N–H and O–H groups in total. The van der Waals surface area contributed by atoms with Crippen LogP contribution in [-0.4, -0.2) is 48.5 Å². The highest BCUT2D eigenvalue weighted by Crippen LogP contribution is 2.30. The van der Waals surface area contributed by atoms with E-state index in [1.54, 1.807) is 0 Å². The molecule has 4 rings (SSSR count). The number of halogens is 1. The second kappa shape index (κ2) is 9.81. The molecular formula is C24H27ClN4OS. The lowest BCUT2D eigenvalue weighted by atomic mass is 10.1. The predicted octanol–water partition coefficient (Wildman–Crippen LogP) is 5.10. The highest BCUT2D eigenvalue weighted by molar-refractivity contribution is 7.13. The molecule has 162 valence electrons. The Bertz CT molecular complexity index is 1060. The van der Waals surface area contributed by atoms with Crippen molar-refractivity contribution in [3.05, 3.63) is 64.1 Å². The van der Waals surface area contributed by atoms with Crippen LogP contribution in [0.3, 0.4) is 0 Å². The SMILES string of the molecule is CCN1CCN(c2ccc(NC(=O)Cc3csc(-c4ccccc4Cl)n3)c(C)c2)CC1. The van der Waals surface area contributed by atoms with E-state index >= 15 is 0 Å². The number of amides is 1. The van der Waals surface area contributed by atoms with E-state index in [2.05, 4.69) is 39.2 Å². The number of carbonyl (C=O) groups excluding carboxylic acids is 1. The largest absolute Gasteiger partial charge is 0.369 e. The van der Waals surface area contributed by atoms with Crippen molar-refractivity contribution < 1.29 is 4.79 Å². The molecule has 2 heterocycles. The maximum Gasteiger partial charge on any atom is 0.230 e. The highest BCUT2D eigenvalue weighted by Gasteiger charge is 2.17. The third-order valence-corrected chi connectivity index (χ3v) is 6.92. The van der Waals surface area contributed by atoms with Crippen LogP contribution in [0.15, 0.2) is 47.8 Å². The van der Waals surface area contributed by atoms with Crippen LogP contribution >= 0.6 is 22.9 Å². The molecule has 7 heteroatoms. The number of nitrogens with zero attached hydrogens (tertiary/aromatic N) is 3. The fourth-order valence-corrected chi connectivity index (χ4v) is 4.95. The zero-order valence-corrected chi connectivity index (χ0v) is 19.5. The smallest absolute Gasteiger partial charge is 0.230 e. The van der Waals surface area contributed by atoms with Gasteiger partial charge in [0.25, 0.3) is 0 Å². The predicted molar refractivity (Wildman–Crippen MR) is 130 cm³/mol. The van der Waals surface area contributed by atoms with Gasteiger partial charge in [-0.15, -0.1) is 11.3 Å². The average molecular weight is 455 g/mol. The van der Waals surface area contributed by atoms with Gasteiger partial charge in [0.2, 0.25) is 5.91 Å².